The Bertz CT molecular complexity index is 699. The summed E-state index contributed by atoms with van der Waals surface area (Å²) in [5.74, 6) is 1.67. The Hall–Kier alpha value is -2.34. The molecule has 6 nitrogen and oxygen atoms in total. The fourth-order valence-electron chi connectivity index (χ4n) is 2.21. The van der Waals surface area contributed by atoms with Gasteiger partial charge in [-0.05, 0) is 39.0 Å². The van der Waals surface area contributed by atoms with E-state index < -0.39 is 0 Å². The molecule has 0 spiro atoms. The molecule has 3 N–H and O–H groups in total. The summed E-state index contributed by atoms with van der Waals surface area (Å²) in [7, 11) is 1.70. The van der Waals surface area contributed by atoms with Gasteiger partial charge >= 0.3 is 0 Å². The first kappa shape index (κ1) is 19.0. The molecular weight excluding hydrogens is 314 g/mol. The summed E-state index contributed by atoms with van der Waals surface area (Å²) in [6.45, 7) is 9.00. The Morgan fingerprint density at radius 2 is 1.92 bits per heavy atom. The van der Waals surface area contributed by atoms with Gasteiger partial charge in [-0.25, -0.2) is 4.98 Å². The van der Waals surface area contributed by atoms with Gasteiger partial charge in [-0.2, -0.15) is 0 Å². The van der Waals surface area contributed by atoms with E-state index in [1.165, 1.54) is 0 Å². The maximum absolute atomic E-state index is 5.40. The summed E-state index contributed by atoms with van der Waals surface area (Å²) in [6.07, 6.45) is 0. The highest BCUT2D eigenvalue weighted by Crippen LogP contribution is 2.14. The van der Waals surface area contributed by atoms with E-state index in [0.717, 1.165) is 42.3 Å². The average molecular weight is 343 g/mol. The molecule has 0 aliphatic heterocycles. The van der Waals surface area contributed by atoms with E-state index in [4.69, 9.17) is 4.74 Å². The lowest BCUT2D eigenvalue weighted by molar-refractivity contribution is 0.0311. The minimum Gasteiger partial charge on any atom is -0.377 e. The van der Waals surface area contributed by atoms with Crippen molar-refractivity contribution in [3.63, 3.8) is 0 Å². The third kappa shape index (κ3) is 6.23. The van der Waals surface area contributed by atoms with Crippen LogP contribution in [0, 0.1) is 0 Å². The minimum absolute atomic E-state index is 0.268. The summed E-state index contributed by atoms with van der Waals surface area (Å²) >= 11 is 0. The standard InChI is InChI=1S/C19H29N5O/c1-5-20-18(23-14-19(2,3)25-4)22-13-12-21-17-11-10-15-8-6-7-9-16(15)24-17/h6-11H,5,12-14H2,1-4H3,(H,21,24)(H2,20,22,23). The summed E-state index contributed by atoms with van der Waals surface area (Å²) in [5.41, 5.74) is 0.729. The number of anilines is 1. The van der Waals surface area contributed by atoms with Crippen molar-refractivity contribution in [2.24, 2.45) is 4.99 Å². The van der Waals surface area contributed by atoms with Crippen molar-refractivity contribution in [3.8, 4) is 0 Å². The number of guanidine groups is 1. The summed E-state index contributed by atoms with van der Waals surface area (Å²) < 4.78 is 5.40. The van der Waals surface area contributed by atoms with Crippen molar-refractivity contribution < 1.29 is 4.74 Å². The fraction of sp³-hybridized carbons (Fsp3) is 0.474. The largest absolute Gasteiger partial charge is 0.377 e. The van der Waals surface area contributed by atoms with E-state index in [1.807, 2.05) is 38.1 Å². The molecule has 0 amide bonds. The number of rotatable bonds is 8. The van der Waals surface area contributed by atoms with E-state index in [9.17, 15) is 0 Å². The Balaban J connectivity index is 1.83. The third-order valence-corrected chi connectivity index (χ3v) is 3.84. The number of para-hydroxylation sites is 1. The van der Waals surface area contributed by atoms with Gasteiger partial charge in [-0.3, -0.25) is 4.99 Å². The van der Waals surface area contributed by atoms with Gasteiger partial charge in [0.2, 0.25) is 0 Å². The average Bonchev–Trinajstić information content (AvgIpc) is 2.63. The van der Waals surface area contributed by atoms with Crippen LogP contribution in [0.5, 0.6) is 0 Å². The summed E-state index contributed by atoms with van der Waals surface area (Å²) in [4.78, 5) is 9.17. The van der Waals surface area contributed by atoms with Gasteiger partial charge in [0.1, 0.15) is 5.82 Å². The van der Waals surface area contributed by atoms with Crippen molar-refractivity contribution in [1.29, 1.82) is 0 Å². The van der Waals surface area contributed by atoms with Gasteiger partial charge in [0, 0.05) is 32.1 Å². The Morgan fingerprint density at radius 3 is 2.68 bits per heavy atom. The second-order valence-electron chi connectivity index (χ2n) is 6.40. The molecule has 0 unspecified atom stereocenters. The van der Waals surface area contributed by atoms with Crippen LogP contribution in [-0.2, 0) is 4.74 Å². The van der Waals surface area contributed by atoms with Crippen LogP contribution in [-0.4, -0.2) is 49.8 Å². The lowest BCUT2D eigenvalue weighted by atomic mass is 10.1. The van der Waals surface area contributed by atoms with E-state index in [2.05, 4.69) is 45.0 Å². The molecule has 2 rings (SSSR count). The van der Waals surface area contributed by atoms with Crippen LogP contribution in [0.2, 0.25) is 0 Å². The minimum atomic E-state index is -0.268. The van der Waals surface area contributed by atoms with Crippen LogP contribution < -0.4 is 16.0 Å². The van der Waals surface area contributed by atoms with Gasteiger partial charge in [0.15, 0.2) is 5.96 Å². The van der Waals surface area contributed by atoms with Gasteiger partial charge in [0.25, 0.3) is 0 Å². The van der Waals surface area contributed by atoms with Gasteiger partial charge in [0.05, 0.1) is 17.7 Å². The second kappa shape index (κ2) is 9.22. The highest BCUT2D eigenvalue weighted by atomic mass is 16.5. The molecule has 1 aromatic heterocycles. The number of methoxy groups -OCH3 is 1. The monoisotopic (exact) mass is 343 g/mol. The van der Waals surface area contributed by atoms with Crippen LogP contribution in [0.1, 0.15) is 20.8 Å². The number of aliphatic imine (C=N–C) groups is 1. The van der Waals surface area contributed by atoms with Crippen LogP contribution in [0.3, 0.4) is 0 Å². The first-order valence-corrected chi connectivity index (χ1v) is 8.71. The highest BCUT2D eigenvalue weighted by Gasteiger charge is 2.15. The number of aromatic nitrogens is 1. The number of ether oxygens (including phenoxy) is 1. The molecule has 6 heteroatoms. The number of benzene rings is 1. The first-order chi connectivity index (χ1) is 12.0. The molecule has 0 atom stereocenters. The maximum atomic E-state index is 5.40. The van der Waals surface area contributed by atoms with Gasteiger partial charge in [-0.1, -0.05) is 18.2 Å². The fourth-order valence-corrected chi connectivity index (χ4v) is 2.21. The molecule has 1 aromatic carbocycles. The molecule has 0 aliphatic carbocycles. The molecule has 25 heavy (non-hydrogen) atoms. The third-order valence-electron chi connectivity index (χ3n) is 3.84. The molecular formula is C19H29N5O. The Labute approximate surface area is 150 Å². The first-order valence-electron chi connectivity index (χ1n) is 8.71. The van der Waals surface area contributed by atoms with Crippen molar-refractivity contribution in [3.05, 3.63) is 36.4 Å². The number of pyridine rings is 1. The number of fused-ring (bicyclic) bond motifs is 1. The highest BCUT2D eigenvalue weighted by molar-refractivity contribution is 5.80. The lowest BCUT2D eigenvalue weighted by Crippen LogP contribution is -2.41. The number of nitrogens with zero attached hydrogens (tertiary/aromatic N) is 2. The zero-order valence-corrected chi connectivity index (χ0v) is 15.6. The summed E-state index contributed by atoms with van der Waals surface area (Å²) in [5, 5.41) is 11.0. The molecule has 0 radical (unpaired) electrons. The van der Waals surface area contributed by atoms with Gasteiger partial charge < -0.3 is 20.7 Å². The predicted molar refractivity (Wildman–Crippen MR) is 105 cm³/mol. The molecule has 0 aliphatic rings. The Kier molecular flexibility index (Phi) is 7.01. The molecule has 0 fully saturated rings. The molecule has 0 bridgehead atoms. The van der Waals surface area contributed by atoms with Crippen molar-refractivity contribution in [2.45, 2.75) is 26.4 Å². The van der Waals surface area contributed by atoms with E-state index in [0.29, 0.717) is 6.54 Å². The van der Waals surface area contributed by atoms with Crippen molar-refractivity contribution in [2.75, 3.05) is 38.6 Å². The summed E-state index contributed by atoms with van der Waals surface area (Å²) in [6, 6.07) is 12.2. The zero-order chi connectivity index (χ0) is 18.1. The molecule has 2 aromatic rings. The van der Waals surface area contributed by atoms with Crippen LogP contribution >= 0.6 is 0 Å². The van der Waals surface area contributed by atoms with Crippen LogP contribution in [0.25, 0.3) is 10.9 Å². The molecule has 1 heterocycles. The normalized spacial score (nSPS) is 12.2. The SMILES string of the molecule is CCNC(=NCC(C)(C)OC)NCCNc1ccc2ccccc2n1. The smallest absolute Gasteiger partial charge is 0.191 e. The quantitative estimate of drug-likeness (QED) is 0.390. The van der Waals surface area contributed by atoms with E-state index in [1.54, 1.807) is 7.11 Å². The molecule has 0 saturated carbocycles. The van der Waals surface area contributed by atoms with Crippen molar-refractivity contribution >= 4 is 22.7 Å². The number of hydrogen-bond acceptors (Lipinski definition) is 4. The number of nitrogens with one attached hydrogen (secondary N) is 3. The predicted octanol–water partition coefficient (Wildman–Crippen LogP) is 2.63. The van der Waals surface area contributed by atoms with Gasteiger partial charge in [-0.15, -0.1) is 0 Å². The van der Waals surface area contributed by atoms with E-state index >= 15 is 0 Å². The van der Waals surface area contributed by atoms with E-state index in [-0.39, 0.29) is 5.60 Å². The maximum Gasteiger partial charge on any atom is 0.191 e. The van der Waals surface area contributed by atoms with Crippen LogP contribution in [0.4, 0.5) is 5.82 Å². The van der Waals surface area contributed by atoms with Crippen molar-refractivity contribution in [1.82, 2.24) is 15.6 Å². The topological polar surface area (TPSA) is 70.6 Å². The number of hydrogen-bond donors (Lipinski definition) is 3. The second-order valence-corrected chi connectivity index (χ2v) is 6.40. The molecule has 136 valence electrons. The molecule has 0 saturated heterocycles. The zero-order valence-electron chi connectivity index (χ0n) is 15.6. The van der Waals surface area contributed by atoms with Crippen LogP contribution in [0.15, 0.2) is 41.4 Å². The lowest BCUT2D eigenvalue weighted by Gasteiger charge is -2.21. The Morgan fingerprint density at radius 1 is 1.12 bits per heavy atom.